The first-order chi connectivity index (χ1) is 6.85. The molecule has 14 heavy (non-hydrogen) atoms. The van der Waals surface area contributed by atoms with Crippen molar-refractivity contribution in [2.45, 2.75) is 46.5 Å². The van der Waals surface area contributed by atoms with Gasteiger partial charge >= 0.3 is 9.53 Å². The molecule has 1 fully saturated rings. The molecule has 86 valence electrons. The van der Waals surface area contributed by atoms with Crippen LogP contribution < -0.4 is 0 Å². The van der Waals surface area contributed by atoms with Crippen LogP contribution in [0.15, 0.2) is 0 Å². The van der Waals surface area contributed by atoms with Crippen molar-refractivity contribution < 1.29 is 13.3 Å². The standard InChI is InChI=1S/C6H16O3Si.C4H8/c1-4-7-10(8-5-2)9-6-3;1-2-4-3-1/h10H,4-6H2,1-3H3;1-4H2. The highest BCUT2D eigenvalue weighted by molar-refractivity contribution is 6.36. The van der Waals surface area contributed by atoms with Crippen molar-refractivity contribution in [1.82, 2.24) is 0 Å². The van der Waals surface area contributed by atoms with E-state index in [9.17, 15) is 0 Å². The molecule has 1 rings (SSSR count). The zero-order chi connectivity index (χ0) is 10.6. The Kier molecular flexibility index (Phi) is 11.3. The van der Waals surface area contributed by atoms with Crippen LogP contribution in [0.4, 0.5) is 0 Å². The number of hydrogen-bond donors (Lipinski definition) is 0. The molecule has 1 aliphatic rings. The molecule has 0 radical (unpaired) electrons. The van der Waals surface area contributed by atoms with Gasteiger partial charge in [-0.3, -0.25) is 0 Å². The van der Waals surface area contributed by atoms with Gasteiger partial charge in [0.15, 0.2) is 0 Å². The van der Waals surface area contributed by atoms with Crippen molar-refractivity contribution in [2.24, 2.45) is 0 Å². The molecule has 0 aliphatic heterocycles. The Hall–Kier alpha value is 0.0969. The molecule has 0 aromatic rings. The van der Waals surface area contributed by atoms with E-state index in [1.807, 2.05) is 20.8 Å². The van der Waals surface area contributed by atoms with Gasteiger partial charge in [-0.15, -0.1) is 0 Å². The summed E-state index contributed by atoms with van der Waals surface area (Å²) in [6, 6.07) is 0. The van der Waals surface area contributed by atoms with Crippen LogP contribution in [-0.4, -0.2) is 29.3 Å². The summed E-state index contributed by atoms with van der Waals surface area (Å²) in [4.78, 5) is 0. The van der Waals surface area contributed by atoms with Crippen LogP contribution in [0.25, 0.3) is 0 Å². The van der Waals surface area contributed by atoms with Gasteiger partial charge < -0.3 is 13.3 Å². The summed E-state index contributed by atoms with van der Waals surface area (Å²) in [7, 11) is -1.73. The van der Waals surface area contributed by atoms with Gasteiger partial charge in [-0.2, -0.15) is 0 Å². The molecule has 0 atom stereocenters. The van der Waals surface area contributed by atoms with E-state index < -0.39 is 9.53 Å². The smallest absolute Gasteiger partial charge is 0.376 e. The van der Waals surface area contributed by atoms with Crippen molar-refractivity contribution >= 4 is 9.53 Å². The lowest BCUT2D eigenvalue weighted by molar-refractivity contribution is 0.107. The van der Waals surface area contributed by atoms with Crippen LogP contribution in [0.1, 0.15) is 46.5 Å². The quantitative estimate of drug-likeness (QED) is 0.643. The van der Waals surface area contributed by atoms with Gasteiger partial charge in [-0.25, -0.2) is 0 Å². The van der Waals surface area contributed by atoms with Crippen molar-refractivity contribution in [3.63, 3.8) is 0 Å². The summed E-state index contributed by atoms with van der Waals surface area (Å²) in [5.41, 5.74) is 0. The van der Waals surface area contributed by atoms with Crippen molar-refractivity contribution in [3.8, 4) is 0 Å². The molecule has 0 heterocycles. The fourth-order valence-electron chi connectivity index (χ4n) is 0.803. The van der Waals surface area contributed by atoms with E-state index in [1.165, 1.54) is 25.7 Å². The summed E-state index contributed by atoms with van der Waals surface area (Å²) in [5, 5.41) is 0. The third-order valence-corrected chi connectivity index (χ3v) is 3.72. The zero-order valence-corrected chi connectivity index (χ0v) is 10.9. The summed E-state index contributed by atoms with van der Waals surface area (Å²) >= 11 is 0. The van der Waals surface area contributed by atoms with Gasteiger partial charge in [0.2, 0.25) is 0 Å². The molecule has 0 aromatic heterocycles. The van der Waals surface area contributed by atoms with Crippen molar-refractivity contribution in [2.75, 3.05) is 19.8 Å². The van der Waals surface area contributed by atoms with Crippen LogP contribution in [0.3, 0.4) is 0 Å². The van der Waals surface area contributed by atoms with Gasteiger partial charge in [-0.05, 0) is 20.8 Å². The topological polar surface area (TPSA) is 27.7 Å². The molecule has 0 spiro atoms. The van der Waals surface area contributed by atoms with Gasteiger partial charge in [-0.1, -0.05) is 25.7 Å². The molecule has 0 bridgehead atoms. The predicted molar refractivity (Wildman–Crippen MR) is 60.5 cm³/mol. The molecule has 4 heteroatoms. The predicted octanol–water partition coefficient (Wildman–Crippen LogP) is 2.37. The first-order valence-corrected chi connectivity index (χ1v) is 7.11. The highest BCUT2D eigenvalue weighted by Gasteiger charge is 2.11. The van der Waals surface area contributed by atoms with E-state index >= 15 is 0 Å². The molecule has 0 N–H and O–H groups in total. The first kappa shape index (κ1) is 14.1. The zero-order valence-electron chi connectivity index (χ0n) is 9.75. The Bertz CT molecular complexity index is 89.3. The van der Waals surface area contributed by atoms with Crippen LogP contribution >= 0.6 is 0 Å². The summed E-state index contributed by atoms with van der Waals surface area (Å²) in [6.07, 6.45) is 6.00. The normalized spacial score (nSPS) is 14.6. The minimum absolute atomic E-state index is 0.677. The van der Waals surface area contributed by atoms with Gasteiger partial charge in [0, 0.05) is 19.8 Å². The molecule has 1 aliphatic carbocycles. The first-order valence-electron chi connectivity index (χ1n) is 5.69. The maximum atomic E-state index is 5.22. The molecular weight excluding hydrogens is 196 g/mol. The Morgan fingerprint density at radius 2 is 1.00 bits per heavy atom. The van der Waals surface area contributed by atoms with E-state index in [0.717, 1.165) is 0 Å². The lowest BCUT2D eigenvalue weighted by Gasteiger charge is -2.12. The third-order valence-electron chi connectivity index (χ3n) is 1.91. The minimum atomic E-state index is -1.73. The van der Waals surface area contributed by atoms with Gasteiger partial charge in [0.1, 0.15) is 0 Å². The summed E-state index contributed by atoms with van der Waals surface area (Å²) in [5.74, 6) is 0. The average molecular weight is 220 g/mol. The van der Waals surface area contributed by atoms with Crippen LogP contribution in [0.5, 0.6) is 0 Å². The summed E-state index contributed by atoms with van der Waals surface area (Å²) < 4.78 is 15.7. The van der Waals surface area contributed by atoms with E-state index in [4.69, 9.17) is 13.3 Å². The number of hydrogen-bond acceptors (Lipinski definition) is 3. The second-order valence-electron chi connectivity index (χ2n) is 3.07. The Morgan fingerprint density at radius 1 is 0.714 bits per heavy atom. The lowest BCUT2D eigenvalue weighted by atomic mass is 10.0. The highest BCUT2D eigenvalue weighted by atomic mass is 28.3. The monoisotopic (exact) mass is 220 g/mol. The lowest BCUT2D eigenvalue weighted by Crippen LogP contribution is -2.27. The van der Waals surface area contributed by atoms with E-state index in [0.29, 0.717) is 19.8 Å². The summed E-state index contributed by atoms with van der Waals surface area (Å²) in [6.45, 7) is 7.86. The minimum Gasteiger partial charge on any atom is -0.376 e. The Balaban J connectivity index is 0.000000344. The molecule has 0 amide bonds. The highest BCUT2D eigenvalue weighted by Crippen LogP contribution is 2.15. The van der Waals surface area contributed by atoms with Crippen molar-refractivity contribution in [3.05, 3.63) is 0 Å². The van der Waals surface area contributed by atoms with E-state index in [2.05, 4.69) is 0 Å². The molecular formula is C10H24O3Si. The molecule has 0 aromatic carbocycles. The fourth-order valence-corrected chi connectivity index (χ4v) is 1.91. The van der Waals surface area contributed by atoms with Crippen molar-refractivity contribution in [1.29, 1.82) is 0 Å². The van der Waals surface area contributed by atoms with Crippen LogP contribution in [0, 0.1) is 0 Å². The molecule has 3 nitrogen and oxygen atoms in total. The van der Waals surface area contributed by atoms with E-state index in [1.54, 1.807) is 0 Å². The second kappa shape index (κ2) is 11.2. The molecule has 0 saturated heterocycles. The van der Waals surface area contributed by atoms with Crippen LogP contribution in [-0.2, 0) is 13.3 Å². The maximum Gasteiger partial charge on any atom is 0.484 e. The fraction of sp³-hybridized carbons (Fsp3) is 1.00. The third kappa shape index (κ3) is 8.68. The molecule has 0 unspecified atom stereocenters. The van der Waals surface area contributed by atoms with Gasteiger partial charge in [0.05, 0.1) is 0 Å². The SMILES string of the molecule is C1CCC1.CCO[SiH](OCC)OCC. The molecule has 1 saturated carbocycles. The van der Waals surface area contributed by atoms with Crippen LogP contribution in [0.2, 0.25) is 0 Å². The second-order valence-corrected chi connectivity index (χ2v) is 4.65. The maximum absolute atomic E-state index is 5.22. The number of rotatable bonds is 6. The average Bonchev–Trinajstić information content (AvgIpc) is 2.02. The van der Waals surface area contributed by atoms with E-state index in [-0.39, 0.29) is 0 Å². The van der Waals surface area contributed by atoms with Gasteiger partial charge in [0.25, 0.3) is 0 Å². The largest absolute Gasteiger partial charge is 0.484 e. The Labute approximate surface area is 89.7 Å². The Morgan fingerprint density at radius 3 is 1.14 bits per heavy atom.